The quantitative estimate of drug-likeness (QED) is 0.568. The smallest absolute Gasteiger partial charge is 0.185 e. The van der Waals surface area contributed by atoms with Gasteiger partial charge in [-0.05, 0) is 0 Å². The highest BCUT2D eigenvalue weighted by Gasteiger charge is 2.25. The molecule has 0 aliphatic carbocycles. The lowest BCUT2D eigenvalue weighted by Gasteiger charge is -2.08. The molecular weight excluding hydrogens is 154 g/mol. The zero-order valence-electron chi connectivity index (χ0n) is 6.10. The van der Waals surface area contributed by atoms with Gasteiger partial charge in [0.25, 0.3) is 0 Å². The van der Waals surface area contributed by atoms with Crippen LogP contribution in [0.25, 0.3) is 0 Å². The van der Waals surface area contributed by atoms with E-state index in [1.54, 1.807) is 12.5 Å². The Hall–Kier alpha value is -1.78. The maximum absolute atomic E-state index is 4.18. The Balaban J connectivity index is 2.26. The molecule has 0 fully saturated rings. The van der Waals surface area contributed by atoms with E-state index < -0.39 is 0 Å². The van der Waals surface area contributed by atoms with E-state index in [9.17, 15) is 0 Å². The highest BCUT2D eigenvalue weighted by atomic mass is 15.1. The van der Waals surface area contributed by atoms with Gasteiger partial charge in [0.2, 0.25) is 0 Å². The number of nitrogens with zero attached hydrogens (tertiary/aromatic N) is 4. The molecule has 0 bridgehead atoms. The molecule has 1 unspecified atom stereocenters. The van der Waals surface area contributed by atoms with Gasteiger partial charge in [-0.3, -0.25) is 4.99 Å². The largest absolute Gasteiger partial charge is 0.343 e. The fourth-order valence-corrected chi connectivity index (χ4v) is 1.34. The Morgan fingerprint density at radius 3 is 3.33 bits per heavy atom. The molecule has 0 aromatic carbocycles. The van der Waals surface area contributed by atoms with Crippen LogP contribution in [0.5, 0.6) is 0 Å². The van der Waals surface area contributed by atoms with Crippen molar-refractivity contribution >= 4 is 18.3 Å². The molecular formula is C7H5N5. The molecule has 12 heavy (non-hydrogen) atoms. The molecule has 0 saturated carbocycles. The molecule has 3 heterocycles. The summed E-state index contributed by atoms with van der Waals surface area (Å²) in [5.74, 6) is 0. The Labute approximate surface area is 68.0 Å². The number of H-pyrrole nitrogens is 1. The summed E-state index contributed by atoms with van der Waals surface area (Å²) in [5, 5.41) is 0. The third-order valence-electron chi connectivity index (χ3n) is 1.91. The van der Waals surface area contributed by atoms with E-state index in [2.05, 4.69) is 24.9 Å². The topological polar surface area (TPSA) is 65.8 Å². The normalized spacial score (nSPS) is 23.7. The third-order valence-corrected chi connectivity index (χ3v) is 1.91. The number of hydrogen-bond acceptors (Lipinski definition) is 4. The van der Waals surface area contributed by atoms with Crippen LogP contribution >= 0.6 is 0 Å². The van der Waals surface area contributed by atoms with Crippen molar-refractivity contribution in [1.29, 1.82) is 0 Å². The average Bonchev–Trinajstić information content (AvgIpc) is 2.71. The molecule has 0 spiro atoms. The molecule has 5 nitrogen and oxygen atoms in total. The molecule has 58 valence electrons. The molecule has 0 saturated heterocycles. The highest BCUT2D eigenvalue weighted by Crippen LogP contribution is 2.16. The van der Waals surface area contributed by atoms with Crippen molar-refractivity contribution < 1.29 is 0 Å². The van der Waals surface area contributed by atoms with E-state index in [1.165, 1.54) is 6.34 Å². The van der Waals surface area contributed by atoms with Gasteiger partial charge in [0.1, 0.15) is 17.7 Å². The van der Waals surface area contributed by atoms with Crippen molar-refractivity contribution in [3.05, 3.63) is 17.7 Å². The monoisotopic (exact) mass is 159 g/mol. The van der Waals surface area contributed by atoms with E-state index in [4.69, 9.17) is 0 Å². The summed E-state index contributed by atoms with van der Waals surface area (Å²) in [6, 6.07) is 0. The minimum absolute atomic E-state index is 0.152. The van der Waals surface area contributed by atoms with Crippen molar-refractivity contribution in [3.8, 4) is 0 Å². The number of imidazole rings is 1. The Kier molecular flexibility index (Phi) is 0.910. The molecule has 1 atom stereocenters. The number of rotatable bonds is 0. The maximum Gasteiger partial charge on any atom is 0.185 e. The van der Waals surface area contributed by atoms with Gasteiger partial charge in [-0.15, -0.1) is 0 Å². The summed E-state index contributed by atoms with van der Waals surface area (Å²) in [7, 11) is 0. The SMILES string of the molecule is C1=NC2N=Cc3[nH]cnc3C2=N1. The van der Waals surface area contributed by atoms with Crippen LogP contribution in [0.15, 0.2) is 21.3 Å². The van der Waals surface area contributed by atoms with Crippen LogP contribution in [0.3, 0.4) is 0 Å². The van der Waals surface area contributed by atoms with Crippen molar-refractivity contribution in [3.63, 3.8) is 0 Å². The second-order valence-electron chi connectivity index (χ2n) is 2.60. The first kappa shape index (κ1) is 5.82. The Morgan fingerprint density at radius 2 is 2.33 bits per heavy atom. The fourth-order valence-electron chi connectivity index (χ4n) is 1.34. The highest BCUT2D eigenvalue weighted by molar-refractivity contribution is 6.15. The van der Waals surface area contributed by atoms with Gasteiger partial charge < -0.3 is 4.98 Å². The summed E-state index contributed by atoms with van der Waals surface area (Å²) in [6.45, 7) is 0. The summed E-state index contributed by atoms with van der Waals surface area (Å²) in [5.41, 5.74) is 2.62. The summed E-state index contributed by atoms with van der Waals surface area (Å²) < 4.78 is 0. The van der Waals surface area contributed by atoms with Crippen molar-refractivity contribution in [1.82, 2.24) is 9.97 Å². The van der Waals surface area contributed by atoms with Crippen LogP contribution in [0.4, 0.5) is 0 Å². The van der Waals surface area contributed by atoms with Gasteiger partial charge in [-0.2, -0.15) is 0 Å². The van der Waals surface area contributed by atoms with E-state index in [-0.39, 0.29) is 6.17 Å². The molecule has 2 aliphatic rings. The number of nitrogens with one attached hydrogen (secondary N) is 1. The van der Waals surface area contributed by atoms with Crippen LogP contribution in [-0.2, 0) is 0 Å². The number of aromatic nitrogens is 2. The number of fused-ring (bicyclic) bond motifs is 3. The number of aromatic amines is 1. The van der Waals surface area contributed by atoms with Gasteiger partial charge in [-0.25, -0.2) is 15.0 Å². The van der Waals surface area contributed by atoms with Crippen LogP contribution in [0, 0.1) is 0 Å². The maximum atomic E-state index is 4.18. The van der Waals surface area contributed by atoms with Crippen LogP contribution < -0.4 is 0 Å². The van der Waals surface area contributed by atoms with E-state index in [0.717, 1.165) is 17.1 Å². The van der Waals surface area contributed by atoms with E-state index in [0.29, 0.717) is 0 Å². The van der Waals surface area contributed by atoms with Crippen molar-refractivity contribution in [2.24, 2.45) is 15.0 Å². The Morgan fingerprint density at radius 1 is 1.33 bits per heavy atom. The van der Waals surface area contributed by atoms with Gasteiger partial charge in [-0.1, -0.05) is 0 Å². The number of aliphatic imine (C=N–C) groups is 3. The summed E-state index contributed by atoms with van der Waals surface area (Å²) in [4.78, 5) is 19.5. The average molecular weight is 159 g/mol. The van der Waals surface area contributed by atoms with E-state index in [1.807, 2.05) is 0 Å². The second-order valence-corrected chi connectivity index (χ2v) is 2.60. The van der Waals surface area contributed by atoms with Crippen molar-refractivity contribution in [2.75, 3.05) is 0 Å². The minimum Gasteiger partial charge on any atom is -0.343 e. The summed E-state index contributed by atoms with van der Waals surface area (Å²) in [6.07, 6.45) is 4.76. The lowest BCUT2D eigenvalue weighted by Crippen LogP contribution is -2.20. The zero-order valence-corrected chi connectivity index (χ0v) is 6.10. The predicted molar refractivity (Wildman–Crippen MR) is 45.0 cm³/mol. The summed E-state index contributed by atoms with van der Waals surface area (Å²) >= 11 is 0. The van der Waals surface area contributed by atoms with Gasteiger partial charge in [0, 0.05) is 0 Å². The molecule has 3 rings (SSSR count). The first-order chi connectivity index (χ1) is 5.95. The van der Waals surface area contributed by atoms with Crippen LogP contribution in [0.2, 0.25) is 0 Å². The number of hydrogen-bond donors (Lipinski definition) is 1. The van der Waals surface area contributed by atoms with Crippen LogP contribution in [-0.4, -0.2) is 34.4 Å². The van der Waals surface area contributed by atoms with Gasteiger partial charge in [0.15, 0.2) is 6.17 Å². The standard InChI is InChI=1S/C7H5N5/c1-4-5(10-2-9-4)6-7(8-1)12-3-11-6/h1-3,7H,(H,9,10). The fraction of sp³-hybridized carbons (Fsp3) is 0.143. The third kappa shape index (κ3) is 0.578. The molecule has 2 aliphatic heterocycles. The van der Waals surface area contributed by atoms with Crippen molar-refractivity contribution in [2.45, 2.75) is 6.17 Å². The molecule has 0 amide bonds. The van der Waals surface area contributed by atoms with E-state index >= 15 is 0 Å². The van der Waals surface area contributed by atoms with Gasteiger partial charge >= 0.3 is 0 Å². The first-order valence-corrected chi connectivity index (χ1v) is 3.61. The molecule has 1 aromatic heterocycles. The lowest BCUT2D eigenvalue weighted by atomic mass is 10.1. The predicted octanol–water partition coefficient (Wildman–Crippen LogP) is -0.000700. The minimum atomic E-state index is -0.152. The van der Waals surface area contributed by atoms with Gasteiger partial charge in [0.05, 0.1) is 18.2 Å². The molecule has 1 N–H and O–H groups in total. The Bertz CT molecular complexity index is 411. The first-order valence-electron chi connectivity index (χ1n) is 3.61. The van der Waals surface area contributed by atoms with Crippen LogP contribution in [0.1, 0.15) is 11.4 Å². The lowest BCUT2D eigenvalue weighted by molar-refractivity contribution is 0.940. The molecule has 0 radical (unpaired) electrons. The molecule has 5 heteroatoms. The second kappa shape index (κ2) is 1.88. The zero-order chi connectivity index (χ0) is 7.97. The molecule has 1 aromatic rings.